The molecular formula is C5H7F4N. The van der Waals surface area contributed by atoms with Crippen LogP contribution in [0.2, 0.25) is 0 Å². The van der Waals surface area contributed by atoms with Gasteiger partial charge in [-0.15, -0.1) is 0 Å². The molecule has 1 nitrogen and oxygen atoms in total. The second-order valence-electron chi connectivity index (χ2n) is 2.58. The van der Waals surface area contributed by atoms with Gasteiger partial charge in [-0.1, -0.05) is 0 Å². The molecule has 1 saturated carbocycles. The predicted octanol–water partition coefficient (Wildman–Crippen LogP) is 1.38. The van der Waals surface area contributed by atoms with Gasteiger partial charge < -0.3 is 5.73 Å². The van der Waals surface area contributed by atoms with Crippen molar-refractivity contribution in [1.29, 1.82) is 0 Å². The molecule has 0 bridgehead atoms. The Kier molecular flexibility index (Phi) is 1.43. The van der Waals surface area contributed by atoms with Crippen LogP contribution in [0.25, 0.3) is 0 Å². The van der Waals surface area contributed by atoms with Crippen molar-refractivity contribution in [1.82, 2.24) is 0 Å². The van der Waals surface area contributed by atoms with Crippen LogP contribution in [0.5, 0.6) is 0 Å². The second kappa shape index (κ2) is 1.84. The molecule has 0 spiro atoms. The lowest BCUT2D eigenvalue weighted by molar-refractivity contribution is -0.150. The van der Waals surface area contributed by atoms with E-state index in [0.29, 0.717) is 0 Å². The smallest absolute Gasteiger partial charge is 0.320 e. The number of rotatable bonds is 2. The Morgan fingerprint density at radius 3 is 1.80 bits per heavy atom. The summed E-state index contributed by atoms with van der Waals surface area (Å²) in [6, 6.07) is 0. The summed E-state index contributed by atoms with van der Waals surface area (Å²) in [5, 5.41) is 0. The molecule has 1 aliphatic carbocycles. The number of hydrogen-bond donors (Lipinski definition) is 1. The van der Waals surface area contributed by atoms with E-state index in [1.807, 2.05) is 0 Å². The zero-order valence-corrected chi connectivity index (χ0v) is 5.08. The largest absolute Gasteiger partial charge is 0.324 e. The van der Waals surface area contributed by atoms with Gasteiger partial charge in [0.1, 0.15) is 0 Å². The predicted molar refractivity (Wildman–Crippen MR) is 27.1 cm³/mol. The van der Waals surface area contributed by atoms with Crippen LogP contribution in [-0.4, -0.2) is 17.9 Å². The Morgan fingerprint density at radius 1 is 1.30 bits per heavy atom. The first-order chi connectivity index (χ1) is 4.40. The molecule has 1 fully saturated rings. The summed E-state index contributed by atoms with van der Waals surface area (Å²) < 4.78 is 47.5. The van der Waals surface area contributed by atoms with Crippen molar-refractivity contribution in [3.05, 3.63) is 0 Å². The van der Waals surface area contributed by atoms with Gasteiger partial charge in [-0.3, -0.25) is 0 Å². The fraction of sp³-hybridized carbons (Fsp3) is 1.00. The van der Waals surface area contributed by atoms with Crippen LogP contribution in [0.4, 0.5) is 17.6 Å². The molecule has 0 aromatic carbocycles. The van der Waals surface area contributed by atoms with E-state index in [1.165, 1.54) is 0 Å². The monoisotopic (exact) mass is 157 g/mol. The van der Waals surface area contributed by atoms with Crippen LogP contribution in [-0.2, 0) is 0 Å². The third kappa shape index (κ3) is 0.885. The van der Waals surface area contributed by atoms with Gasteiger partial charge in [0.15, 0.2) is 0 Å². The van der Waals surface area contributed by atoms with Gasteiger partial charge >= 0.3 is 12.3 Å². The fourth-order valence-electron chi connectivity index (χ4n) is 0.685. The standard InChI is InChI=1S/C5H7F4N/c6-3(7)5(8,9)4(10)1-2-4/h3H,1-2,10H2. The van der Waals surface area contributed by atoms with Crippen LogP contribution < -0.4 is 5.73 Å². The van der Waals surface area contributed by atoms with Gasteiger partial charge in [0.25, 0.3) is 0 Å². The number of nitrogens with two attached hydrogens (primary N) is 1. The Labute approximate surface area is 55.2 Å². The molecule has 60 valence electrons. The van der Waals surface area contributed by atoms with E-state index in [2.05, 4.69) is 0 Å². The van der Waals surface area contributed by atoms with Crippen LogP contribution >= 0.6 is 0 Å². The Bertz CT molecular complexity index is 141. The van der Waals surface area contributed by atoms with Crippen molar-refractivity contribution >= 4 is 0 Å². The second-order valence-corrected chi connectivity index (χ2v) is 2.58. The molecule has 0 amide bonds. The van der Waals surface area contributed by atoms with E-state index in [4.69, 9.17) is 5.73 Å². The van der Waals surface area contributed by atoms with Gasteiger partial charge in [-0.05, 0) is 12.8 Å². The van der Waals surface area contributed by atoms with Crippen molar-refractivity contribution < 1.29 is 17.6 Å². The van der Waals surface area contributed by atoms with Crippen LogP contribution in [0, 0.1) is 0 Å². The maximum Gasteiger partial charge on any atom is 0.324 e. The minimum absolute atomic E-state index is 0.00958. The minimum atomic E-state index is -4.01. The summed E-state index contributed by atoms with van der Waals surface area (Å²) in [4.78, 5) is 0. The van der Waals surface area contributed by atoms with Crippen molar-refractivity contribution in [2.75, 3.05) is 0 Å². The van der Waals surface area contributed by atoms with Crippen molar-refractivity contribution in [3.63, 3.8) is 0 Å². The molecule has 0 heterocycles. The normalized spacial score (nSPS) is 23.4. The summed E-state index contributed by atoms with van der Waals surface area (Å²) in [7, 11) is 0. The van der Waals surface area contributed by atoms with Crippen molar-refractivity contribution in [2.45, 2.75) is 30.7 Å². The lowest BCUT2D eigenvalue weighted by atomic mass is 10.1. The maximum atomic E-state index is 12.2. The minimum Gasteiger partial charge on any atom is -0.320 e. The highest BCUT2D eigenvalue weighted by Gasteiger charge is 2.64. The molecule has 0 aromatic heterocycles. The van der Waals surface area contributed by atoms with Gasteiger partial charge in [-0.25, -0.2) is 8.78 Å². The summed E-state index contributed by atoms with van der Waals surface area (Å²) in [5.41, 5.74) is 2.98. The molecule has 5 heteroatoms. The van der Waals surface area contributed by atoms with Crippen LogP contribution in [0.3, 0.4) is 0 Å². The van der Waals surface area contributed by atoms with E-state index < -0.39 is 17.9 Å². The molecule has 0 radical (unpaired) electrons. The molecule has 0 atom stereocenters. The fourth-order valence-corrected chi connectivity index (χ4v) is 0.685. The summed E-state index contributed by atoms with van der Waals surface area (Å²) >= 11 is 0. The first kappa shape index (κ1) is 7.78. The van der Waals surface area contributed by atoms with E-state index in [9.17, 15) is 17.6 Å². The quantitative estimate of drug-likeness (QED) is 0.602. The Morgan fingerprint density at radius 2 is 1.70 bits per heavy atom. The lowest BCUT2D eigenvalue weighted by Gasteiger charge is -2.21. The highest BCUT2D eigenvalue weighted by molar-refractivity contribution is 5.10. The highest BCUT2D eigenvalue weighted by Crippen LogP contribution is 2.48. The van der Waals surface area contributed by atoms with E-state index in [-0.39, 0.29) is 12.8 Å². The van der Waals surface area contributed by atoms with Crippen LogP contribution in [0.1, 0.15) is 12.8 Å². The van der Waals surface area contributed by atoms with Crippen molar-refractivity contribution in [3.8, 4) is 0 Å². The third-order valence-electron chi connectivity index (χ3n) is 1.73. The molecule has 0 aromatic rings. The molecule has 0 aliphatic heterocycles. The number of hydrogen-bond acceptors (Lipinski definition) is 1. The molecule has 0 unspecified atom stereocenters. The Hall–Kier alpha value is -0.320. The summed E-state index contributed by atoms with van der Waals surface area (Å²) in [6.07, 6.45) is -3.66. The summed E-state index contributed by atoms with van der Waals surface area (Å²) in [6.45, 7) is 0. The molecular weight excluding hydrogens is 150 g/mol. The van der Waals surface area contributed by atoms with Crippen molar-refractivity contribution in [2.24, 2.45) is 5.73 Å². The number of alkyl halides is 4. The SMILES string of the molecule is NC1(C(F)(F)C(F)F)CC1. The lowest BCUT2D eigenvalue weighted by Crippen LogP contribution is -2.48. The molecule has 1 aliphatic rings. The van der Waals surface area contributed by atoms with E-state index in [1.54, 1.807) is 0 Å². The third-order valence-corrected chi connectivity index (χ3v) is 1.73. The molecule has 10 heavy (non-hydrogen) atoms. The van der Waals surface area contributed by atoms with E-state index >= 15 is 0 Å². The molecule has 2 N–H and O–H groups in total. The topological polar surface area (TPSA) is 26.0 Å². The van der Waals surface area contributed by atoms with Gasteiger partial charge in [0, 0.05) is 0 Å². The first-order valence-corrected chi connectivity index (χ1v) is 2.85. The highest BCUT2D eigenvalue weighted by atomic mass is 19.3. The van der Waals surface area contributed by atoms with Gasteiger partial charge in [0.05, 0.1) is 5.54 Å². The van der Waals surface area contributed by atoms with Gasteiger partial charge in [-0.2, -0.15) is 8.78 Å². The first-order valence-electron chi connectivity index (χ1n) is 2.85. The summed E-state index contributed by atoms with van der Waals surface area (Å²) in [5.74, 6) is -4.01. The van der Waals surface area contributed by atoms with E-state index in [0.717, 1.165) is 0 Å². The average Bonchev–Trinajstić information content (AvgIpc) is 2.48. The zero-order chi connectivity index (χ0) is 7.99. The van der Waals surface area contributed by atoms with Crippen LogP contribution in [0.15, 0.2) is 0 Å². The maximum absolute atomic E-state index is 12.2. The number of halogens is 4. The average molecular weight is 157 g/mol. The Balaban J connectivity index is 2.67. The molecule has 1 rings (SSSR count). The molecule has 0 saturated heterocycles. The van der Waals surface area contributed by atoms with Gasteiger partial charge in [0.2, 0.25) is 0 Å². The zero-order valence-electron chi connectivity index (χ0n) is 5.08.